The molecule has 8 heteroatoms. The van der Waals surface area contributed by atoms with Crippen molar-refractivity contribution in [2.75, 3.05) is 0 Å². The van der Waals surface area contributed by atoms with Crippen LogP contribution < -0.4 is 10.5 Å². The normalized spacial score (nSPS) is 10.2. The quantitative estimate of drug-likeness (QED) is 0.0629. The van der Waals surface area contributed by atoms with E-state index in [1.165, 1.54) is 66.1 Å². The maximum absolute atomic E-state index is 9.38. The van der Waals surface area contributed by atoms with Crippen molar-refractivity contribution in [2.45, 2.75) is 54.4 Å². The second kappa shape index (κ2) is 21.7. The van der Waals surface area contributed by atoms with Gasteiger partial charge in [-0.3, -0.25) is 9.59 Å². The van der Waals surface area contributed by atoms with Gasteiger partial charge in [-0.15, -0.1) is 69.1 Å². The van der Waals surface area contributed by atoms with Gasteiger partial charge in [-0.2, -0.15) is 12.1 Å². The fraction of sp³-hybridized carbons (Fsp3) is 0.238. The molecule has 0 aliphatic carbocycles. The monoisotopic (exact) mass is 781 g/mol. The van der Waals surface area contributed by atoms with E-state index in [0.717, 1.165) is 20.4 Å². The van der Waals surface area contributed by atoms with Crippen LogP contribution in [0.4, 0.5) is 0 Å². The molecule has 0 bridgehead atoms. The van der Waals surface area contributed by atoms with E-state index in [-0.39, 0.29) is 0 Å². The Morgan fingerprint density at radius 3 is 1.32 bits per heavy atom. The van der Waals surface area contributed by atoms with Gasteiger partial charge < -0.3 is 10.5 Å². The summed E-state index contributed by atoms with van der Waals surface area (Å²) in [5.41, 5.74) is 11.0. The standard InChI is InChI=1S/2C20H21.C2H4BN2O2.2ClH.Zr/c2*1-14(2)11-16-12-17-8-6-10-19(20(17)13-16)18-9-5-4-7-15(18)3;6-1-4-3-5-2-7;;;/h2*4-10,12-14H,11H2,1-3H3;1-2H,(H,4,6)(H,5,7);2*1H;/q2*-1;;;;+4/p-2. The van der Waals surface area contributed by atoms with E-state index in [0.29, 0.717) is 24.7 Å². The minimum atomic E-state index is -0.826. The van der Waals surface area contributed by atoms with Gasteiger partial charge in [0.05, 0.1) is 0 Å². The van der Waals surface area contributed by atoms with Crippen molar-refractivity contribution >= 4 is 58.9 Å². The third-order valence-corrected chi connectivity index (χ3v) is 8.08. The number of amides is 2. The number of aryl methyl sites for hydroxylation is 2. The second-order valence-electron chi connectivity index (χ2n) is 13.0. The number of hydrogen-bond donors (Lipinski definition) is 2. The van der Waals surface area contributed by atoms with Crippen molar-refractivity contribution in [3.63, 3.8) is 0 Å². The molecule has 0 spiro atoms. The van der Waals surface area contributed by atoms with Crippen LogP contribution in [0.1, 0.15) is 49.9 Å². The average molecular weight is 784 g/mol. The summed E-state index contributed by atoms with van der Waals surface area (Å²) in [7, 11) is 11.0. The summed E-state index contributed by atoms with van der Waals surface area (Å²) < 4.78 is 0. The van der Waals surface area contributed by atoms with Crippen molar-refractivity contribution in [3.05, 3.63) is 131 Å². The zero-order valence-electron chi connectivity index (χ0n) is 29.8. The maximum atomic E-state index is 9.38. The first-order valence-electron chi connectivity index (χ1n) is 16.8. The van der Waals surface area contributed by atoms with Gasteiger partial charge in [0, 0.05) is 0 Å². The predicted octanol–water partition coefficient (Wildman–Crippen LogP) is 10.9. The molecule has 2 amide bonds. The molecule has 6 aromatic carbocycles. The van der Waals surface area contributed by atoms with Crippen molar-refractivity contribution in [2.24, 2.45) is 11.8 Å². The van der Waals surface area contributed by atoms with Crippen LogP contribution in [-0.4, -0.2) is 20.4 Å². The number of nitrogens with one attached hydrogen (secondary N) is 2. The number of carbonyl (C=O) groups is 2. The van der Waals surface area contributed by atoms with E-state index in [1.807, 2.05) is 0 Å². The number of halogens is 2. The molecule has 0 fully saturated rings. The van der Waals surface area contributed by atoms with Gasteiger partial charge in [0.25, 0.3) is 0 Å². The van der Waals surface area contributed by atoms with Gasteiger partial charge in [-0.05, 0) is 60.8 Å². The van der Waals surface area contributed by atoms with Gasteiger partial charge in [0.1, 0.15) is 0 Å². The van der Waals surface area contributed by atoms with Gasteiger partial charge in [-0.25, -0.2) is 0 Å². The zero-order chi connectivity index (χ0) is 36.5. The summed E-state index contributed by atoms with van der Waals surface area (Å²) in [4.78, 5) is 18.8. The summed E-state index contributed by atoms with van der Waals surface area (Å²) in [5.74, 6) is 1.41. The molecule has 6 rings (SSSR count). The van der Waals surface area contributed by atoms with Crippen LogP contribution in [0.15, 0.2) is 109 Å². The van der Waals surface area contributed by atoms with E-state index in [9.17, 15) is 9.59 Å². The molecule has 4 nitrogen and oxygen atoms in total. The topological polar surface area (TPSA) is 58.2 Å². The third-order valence-electron chi connectivity index (χ3n) is 8.08. The summed E-state index contributed by atoms with van der Waals surface area (Å²) >= 11 is -0.826. The summed E-state index contributed by atoms with van der Waals surface area (Å²) in [5, 5.41) is 9.70. The Balaban J connectivity index is 0.000000214. The molecule has 0 heterocycles. The van der Waals surface area contributed by atoms with Gasteiger partial charge in [-0.1, -0.05) is 99.5 Å². The molecule has 0 aliphatic heterocycles. The fourth-order valence-corrected chi connectivity index (χ4v) is 6.11. The second-order valence-corrected chi connectivity index (χ2v) is 16.7. The van der Waals surface area contributed by atoms with Gasteiger partial charge in [0.15, 0.2) is 12.8 Å². The number of carbonyl (C=O) groups excluding carboxylic acids is 2. The Morgan fingerprint density at radius 2 is 0.980 bits per heavy atom. The molecule has 257 valence electrons. The van der Waals surface area contributed by atoms with Crippen LogP contribution in [-0.2, 0) is 43.3 Å². The Kier molecular flexibility index (Phi) is 17.8. The molecular formula is C42H46BCl2N2O2Zr. The average Bonchev–Trinajstić information content (AvgIpc) is 3.69. The Morgan fingerprint density at radius 1 is 0.620 bits per heavy atom. The molecule has 2 N–H and O–H groups in total. The predicted molar refractivity (Wildman–Crippen MR) is 212 cm³/mol. The van der Waals surface area contributed by atoms with Crippen LogP contribution in [0.2, 0.25) is 0 Å². The number of rotatable bonds is 10. The van der Waals surface area contributed by atoms with E-state index >= 15 is 0 Å². The number of fused-ring (bicyclic) bond motifs is 2. The van der Waals surface area contributed by atoms with Gasteiger partial charge >= 0.3 is 45.4 Å². The molecule has 0 aromatic heterocycles. The van der Waals surface area contributed by atoms with Crippen LogP contribution in [0.3, 0.4) is 0 Å². The van der Waals surface area contributed by atoms with Crippen molar-refractivity contribution < 1.29 is 30.4 Å². The first-order chi connectivity index (χ1) is 24.1. The van der Waals surface area contributed by atoms with Crippen molar-refractivity contribution in [3.8, 4) is 22.3 Å². The molecule has 0 atom stereocenters. The summed E-state index contributed by atoms with van der Waals surface area (Å²) in [6.07, 6.45) is 3.22. The van der Waals surface area contributed by atoms with E-state index in [4.69, 9.17) is 17.0 Å². The van der Waals surface area contributed by atoms with Crippen LogP contribution in [0.5, 0.6) is 0 Å². The zero-order valence-corrected chi connectivity index (χ0v) is 33.7. The molecule has 1 radical (unpaired) electrons. The summed E-state index contributed by atoms with van der Waals surface area (Å²) in [6, 6.07) is 40.0. The molecule has 50 heavy (non-hydrogen) atoms. The SMILES string of the molecule is Cc1ccccc1-c1cccc2[cH-]c(CC(C)C)cc12.Cc1ccccc1-c1cccc2[cH-]c(CC(C)C)cc12.O=CN[B]NC=O.[Cl][Zr+2][Cl]. The Labute approximate surface area is 317 Å². The van der Waals surface area contributed by atoms with Gasteiger partial charge in [0.2, 0.25) is 0 Å². The first-order valence-corrected chi connectivity index (χ1v) is 23.1. The molecule has 0 saturated heterocycles. The van der Waals surface area contributed by atoms with Crippen molar-refractivity contribution in [1.82, 2.24) is 10.5 Å². The molecule has 0 aliphatic rings. The number of hydrogen-bond acceptors (Lipinski definition) is 2. The van der Waals surface area contributed by atoms with Crippen molar-refractivity contribution in [1.29, 1.82) is 0 Å². The first kappa shape index (κ1) is 41.0. The van der Waals surface area contributed by atoms with Crippen LogP contribution in [0, 0.1) is 25.7 Å². The van der Waals surface area contributed by atoms with E-state index in [2.05, 4.69) is 161 Å². The van der Waals surface area contributed by atoms with E-state index < -0.39 is 20.8 Å². The molecule has 0 unspecified atom stereocenters. The van der Waals surface area contributed by atoms with Crippen LogP contribution >= 0.6 is 17.0 Å². The Bertz CT molecular complexity index is 1790. The minimum absolute atomic E-state index is 0.455. The molecule has 0 saturated carbocycles. The van der Waals surface area contributed by atoms with Crippen LogP contribution in [0.25, 0.3) is 43.8 Å². The molecular weight excluding hydrogens is 737 g/mol. The summed E-state index contributed by atoms with van der Waals surface area (Å²) in [6.45, 7) is 13.5. The molecule has 6 aromatic rings. The fourth-order valence-electron chi connectivity index (χ4n) is 6.11. The number of benzene rings is 4. The van der Waals surface area contributed by atoms with E-state index in [1.54, 1.807) is 0 Å². The third kappa shape index (κ3) is 12.4. The Hall–Kier alpha value is -3.43.